The van der Waals surface area contributed by atoms with Gasteiger partial charge in [0.05, 0.1) is 17.6 Å². The Morgan fingerprint density at radius 2 is 2.41 bits per heavy atom. The van der Waals surface area contributed by atoms with Crippen LogP contribution in [0.1, 0.15) is 38.6 Å². The molecule has 0 aromatic carbocycles. The van der Waals surface area contributed by atoms with Crippen LogP contribution in [0.4, 0.5) is 0 Å². The largest absolute Gasteiger partial charge is 0.480 e. The van der Waals surface area contributed by atoms with Crippen LogP contribution in [0.15, 0.2) is 6.33 Å². The summed E-state index contributed by atoms with van der Waals surface area (Å²) in [6, 6.07) is -0.523. The molecule has 17 heavy (non-hydrogen) atoms. The van der Waals surface area contributed by atoms with Gasteiger partial charge in [-0.05, 0) is 20.3 Å². The zero-order chi connectivity index (χ0) is 12.6. The van der Waals surface area contributed by atoms with Crippen LogP contribution in [-0.2, 0) is 23.3 Å². The standard InChI is InChI=1S/C12H19N3O2/c1-4-5-15-7-13-10-9(15)6-8(11(16)17)14-12(10,2)3/h7-8,14H,4-6H2,1-3H3,(H,16,17). The van der Waals surface area contributed by atoms with Crippen molar-refractivity contribution < 1.29 is 9.90 Å². The molecule has 2 heterocycles. The first-order valence-corrected chi connectivity index (χ1v) is 6.00. The molecule has 94 valence electrons. The molecule has 5 nitrogen and oxygen atoms in total. The van der Waals surface area contributed by atoms with E-state index in [0.717, 1.165) is 24.4 Å². The van der Waals surface area contributed by atoms with Crippen molar-refractivity contribution in [3.8, 4) is 0 Å². The zero-order valence-electron chi connectivity index (χ0n) is 10.5. The average molecular weight is 237 g/mol. The van der Waals surface area contributed by atoms with Crippen LogP contribution < -0.4 is 5.32 Å². The van der Waals surface area contributed by atoms with E-state index in [0.29, 0.717) is 6.42 Å². The van der Waals surface area contributed by atoms with Crippen molar-refractivity contribution in [3.63, 3.8) is 0 Å². The van der Waals surface area contributed by atoms with Gasteiger partial charge in [0.1, 0.15) is 6.04 Å². The first-order valence-electron chi connectivity index (χ1n) is 6.00. The minimum Gasteiger partial charge on any atom is -0.480 e. The number of aliphatic carboxylic acids is 1. The van der Waals surface area contributed by atoms with Crippen molar-refractivity contribution >= 4 is 5.97 Å². The van der Waals surface area contributed by atoms with Gasteiger partial charge in [0.15, 0.2) is 0 Å². The molecular weight excluding hydrogens is 218 g/mol. The molecule has 0 radical (unpaired) electrons. The number of nitrogens with one attached hydrogen (secondary N) is 1. The van der Waals surface area contributed by atoms with Gasteiger partial charge in [-0.2, -0.15) is 0 Å². The summed E-state index contributed by atoms with van der Waals surface area (Å²) in [5.74, 6) is -0.798. The number of carbonyl (C=O) groups is 1. The van der Waals surface area contributed by atoms with Gasteiger partial charge >= 0.3 is 5.97 Å². The number of hydrogen-bond donors (Lipinski definition) is 2. The second-order valence-electron chi connectivity index (χ2n) is 5.10. The number of aromatic nitrogens is 2. The summed E-state index contributed by atoms with van der Waals surface area (Å²) < 4.78 is 2.08. The molecule has 0 fully saturated rings. The molecule has 1 aliphatic heterocycles. The highest BCUT2D eigenvalue weighted by molar-refractivity contribution is 5.74. The second-order valence-corrected chi connectivity index (χ2v) is 5.10. The monoisotopic (exact) mass is 237 g/mol. The minimum absolute atomic E-state index is 0.379. The predicted molar refractivity (Wildman–Crippen MR) is 63.8 cm³/mol. The molecular formula is C12H19N3O2. The van der Waals surface area contributed by atoms with Crippen molar-refractivity contribution in [3.05, 3.63) is 17.7 Å². The average Bonchev–Trinajstić information content (AvgIpc) is 2.62. The number of fused-ring (bicyclic) bond motifs is 1. The van der Waals surface area contributed by atoms with Crippen LogP contribution in [-0.4, -0.2) is 26.7 Å². The number of hydrogen-bond acceptors (Lipinski definition) is 3. The van der Waals surface area contributed by atoms with Crippen LogP contribution >= 0.6 is 0 Å². The van der Waals surface area contributed by atoms with Crippen molar-refractivity contribution in [2.75, 3.05) is 0 Å². The highest BCUT2D eigenvalue weighted by atomic mass is 16.4. The van der Waals surface area contributed by atoms with Gasteiger partial charge in [-0.3, -0.25) is 10.1 Å². The highest BCUT2D eigenvalue weighted by Crippen LogP contribution is 2.29. The van der Waals surface area contributed by atoms with Gasteiger partial charge in [0.2, 0.25) is 0 Å². The molecule has 1 unspecified atom stereocenters. The Morgan fingerprint density at radius 1 is 1.71 bits per heavy atom. The second kappa shape index (κ2) is 4.14. The Kier molecular flexibility index (Phi) is 2.95. The fourth-order valence-electron chi connectivity index (χ4n) is 2.47. The molecule has 0 aliphatic carbocycles. The van der Waals surface area contributed by atoms with Crippen LogP contribution in [0.3, 0.4) is 0 Å². The van der Waals surface area contributed by atoms with Crippen LogP contribution in [0.5, 0.6) is 0 Å². The maximum atomic E-state index is 11.2. The van der Waals surface area contributed by atoms with Crippen molar-refractivity contribution in [1.29, 1.82) is 0 Å². The topological polar surface area (TPSA) is 67.2 Å². The summed E-state index contributed by atoms with van der Waals surface area (Å²) in [5, 5.41) is 12.3. The molecule has 0 spiro atoms. The molecule has 1 aliphatic rings. The number of nitrogens with zero attached hydrogens (tertiary/aromatic N) is 2. The van der Waals surface area contributed by atoms with Gasteiger partial charge in [-0.25, -0.2) is 4.98 Å². The van der Waals surface area contributed by atoms with E-state index in [-0.39, 0.29) is 5.54 Å². The summed E-state index contributed by atoms with van der Waals surface area (Å²) >= 11 is 0. The molecule has 0 saturated carbocycles. The lowest BCUT2D eigenvalue weighted by atomic mass is 9.89. The third kappa shape index (κ3) is 2.07. The summed E-state index contributed by atoms with van der Waals surface area (Å²) in [6.45, 7) is 6.95. The van der Waals surface area contributed by atoms with E-state index in [1.807, 2.05) is 20.2 Å². The van der Waals surface area contributed by atoms with Crippen molar-refractivity contribution in [2.45, 2.75) is 51.7 Å². The Morgan fingerprint density at radius 3 is 3.00 bits per heavy atom. The first kappa shape index (κ1) is 12.1. The maximum Gasteiger partial charge on any atom is 0.321 e. The van der Waals surface area contributed by atoms with Crippen molar-refractivity contribution in [2.24, 2.45) is 0 Å². The maximum absolute atomic E-state index is 11.2. The normalized spacial score (nSPS) is 22.2. The molecule has 1 atom stereocenters. The van der Waals surface area contributed by atoms with Gasteiger partial charge < -0.3 is 9.67 Å². The summed E-state index contributed by atoms with van der Waals surface area (Å²) in [7, 11) is 0. The van der Waals surface area contributed by atoms with Crippen LogP contribution in [0.25, 0.3) is 0 Å². The number of imidazole rings is 1. The molecule has 2 N–H and O–H groups in total. The first-order chi connectivity index (χ1) is 7.95. The summed E-state index contributed by atoms with van der Waals surface area (Å²) in [5.41, 5.74) is 1.65. The zero-order valence-corrected chi connectivity index (χ0v) is 10.5. The summed E-state index contributed by atoms with van der Waals surface area (Å²) in [4.78, 5) is 15.6. The van der Waals surface area contributed by atoms with Crippen LogP contribution in [0.2, 0.25) is 0 Å². The van der Waals surface area contributed by atoms with E-state index < -0.39 is 12.0 Å². The van der Waals surface area contributed by atoms with Gasteiger partial charge in [0, 0.05) is 18.7 Å². The van der Waals surface area contributed by atoms with E-state index in [2.05, 4.69) is 21.8 Å². The fourth-order valence-corrected chi connectivity index (χ4v) is 2.47. The van der Waals surface area contributed by atoms with Crippen molar-refractivity contribution in [1.82, 2.24) is 14.9 Å². The minimum atomic E-state index is -0.798. The lowest BCUT2D eigenvalue weighted by Crippen LogP contribution is -2.53. The smallest absolute Gasteiger partial charge is 0.321 e. The summed E-state index contributed by atoms with van der Waals surface area (Å²) in [6.07, 6.45) is 3.35. The van der Waals surface area contributed by atoms with E-state index in [4.69, 9.17) is 5.11 Å². The third-order valence-electron chi connectivity index (χ3n) is 3.23. The lowest BCUT2D eigenvalue weighted by molar-refractivity contribution is -0.140. The number of carboxylic acids is 1. The Hall–Kier alpha value is -1.36. The molecule has 2 rings (SSSR count). The van der Waals surface area contributed by atoms with E-state index in [9.17, 15) is 4.79 Å². The predicted octanol–water partition coefficient (Wildman–Crippen LogP) is 1.13. The third-order valence-corrected chi connectivity index (χ3v) is 3.23. The van der Waals surface area contributed by atoms with E-state index >= 15 is 0 Å². The number of aryl methyl sites for hydroxylation is 1. The Bertz CT molecular complexity index is 437. The quantitative estimate of drug-likeness (QED) is 0.827. The van der Waals surface area contributed by atoms with Gasteiger partial charge in [-0.1, -0.05) is 6.92 Å². The molecule has 0 bridgehead atoms. The number of carboxylic acid groups (broad SMARTS) is 1. The molecule has 5 heteroatoms. The Balaban J connectivity index is 2.40. The molecule has 0 amide bonds. The molecule has 0 saturated heterocycles. The van der Waals surface area contributed by atoms with Gasteiger partial charge in [0.25, 0.3) is 0 Å². The van der Waals surface area contributed by atoms with E-state index in [1.54, 1.807) is 0 Å². The Labute approximate surface area is 101 Å². The highest BCUT2D eigenvalue weighted by Gasteiger charge is 2.38. The number of rotatable bonds is 3. The molecule has 1 aromatic rings. The molecule has 1 aromatic heterocycles. The lowest BCUT2D eigenvalue weighted by Gasteiger charge is -2.34. The van der Waals surface area contributed by atoms with Gasteiger partial charge in [-0.15, -0.1) is 0 Å². The van der Waals surface area contributed by atoms with E-state index in [1.165, 1.54) is 0 Å². The fraction of sp³-hybridized carbons (Fsp3) is 0.667. The van der Waals surface area contributed by atoms with Crippen LogP contribution in [0, 0.1) is 0 Å². The SMILES string of the molecule is CCCn1cnc2c1CC(C(=O)O)NC2(C)C.